The number of sulfonamides is 1. The van der Waals surface area contributed by atoms with E-state index in [4.69, 9.17) is 9.47 Å². The van der Waals surface area contributed by atoms with Gasteiger partial charge in [-0.1, -0.05) is 12.1 Å². The molecule has 1 atom stereocenters. The number of rotatable bonds is 6. The number of fused-ring (bicyclic) bond motifs is 1. The number of aryl methyl sites for hydroxylation is 1. The lowest BCUT2D eigenvalue weighted by Gasteiger charge is -2.25. The number of methoxy groups -OCH3 is 1. The molecule has 0 bridgehead atoms. The summed E-state index contributed by atoms with van der Waals surface area (Å²) in [5, 5.41) is 5.33. The predicted molar refractivity (Wildman–Crippen MR) is 111 cm³/mol. The lowest BCUT2D eigenvalue weighted by Crippen LogP contribution is -2.36. The van der Waals surface area contributed by atoms with E-state index in [0.717, 1.165) is 4.31 Å². The number of nitrogens with zero attached hydrogens (tertiary/aromatic N) is 1. The number of para-hydroxylation sites is 2. The molecule has 0 saturated heterocycles. The van der Waals surface area contributed by atoms with Crippen molar-refractivity contribution in [3.63, 3.8) is 0 Å². The molecule has 1 aliphatic heterocycles. The van der Waals surface area contributed by atoms with E-state index in [0.29, 0.717) is 22.7 Å². The third-order valence-corrected chi connectivity index (χ3v) is 6.59. The highest BCUT2D eigenvalue weighted by atomic mass is 32.2. The Kier molecular flexibility index (Phi) is 5.99. The zero-order valence-corrected chi connectivity index (χ0v) is 17.9. The molecule has 0 aliphatic carbocycles. The van der Waals surface area contributed by atoms with Crippen LogP contribution in [0, 0.1) is 6.92 Å². The van der Waals surface area contributed by atoms with Gasteiger partial charge in [0.1, 0.15) is 11.5 Å². The van der Waals surface area contributed by atoms with Gasteiger partial charge < -0.3 is 20.1 Å². The lowest BCUT2D eigenvalue weighted by molar-refractivity contribution is -0.122. The number of likely N-dealkylation sites (N-methyl/N-ethyl adjacent to an activating group) is 1. The molecular weight excluding hydrogens is 410 g/mol. The van der Waals surface area contributed by atoms with Gasteiger partial charge in [-0.3, -0.25) is 9.59 Å². The van der Waals surface area contributed by atoms with E-state index in [9.17, 15) is 18.0 Å². The number of hydrogen-bond donors (Lipinski definition) is 2. The lowest BCUT2D eigenvalue weighted by atomic mass is 10.1. The van der Waals surface area contributed by atoms with Gasteiger partial charge in [-0.15, -0.1) is 0 Å². The van der Waals surface area contributed by atoms with Crippen LogP contribution in [0.25, 0.3) is 0 Å². The largest absolute Gasteiger partial charge is 0.495 e. The zero-order valence-electron chi connectivity index (χ0n) is 17.1. The monoisotopic (exact) mass is 433 g/mol. The summed E-state index contributed by atoms with van der Waals surface area (Å²) in [6, 6.07) is 9.74. The van der Waals surface area contributed by atoms with Crippen molar-refractivity contribution in [2.45, 2.75) is 24.8 Å². The number of benzene rings is 2. The van der Waals surface area contributed by atoms with E-state index in [1.807, 2.05) is 0 Å². The van der Waals surface area contributed by atoms with Gasteiger partial charge in [0, 0.05) is 13.1 Å². The zero-order chi connectivity index (χ0) is 22.1. The Morgan fingerprint density at radius 1 is 1.30 bits per heavy atom. The summed E-state index contributed by atoms with van der Waals surface area (Å²) in [5.41, 5.74) is 1.27. The van der Waals surface area contributed by atoms with Crippen molar-refractivity contribution in [3.8, 4) is 11.5 Å². The van der Waals surface area contributed by atoms with Crippen LogP contribution in [0.4, 0.5) is 11.4 Å². The highest BCUT2D eigenvalue weighted by Crippen LogP contribution is 2.35. The summed E-state index contributed by atoms with van der Waals surface area (Å²) in [4.78, 5) is 24.2. The molecule has 2 aromatic rings. The summed E-state index contributed by atoms with van der Waals surface area (Å²) in [7, 11) is -1.19. The molecule has 2 N–H and O–H groups in total. The van der Waals surface area contributed by atoms with Crippen molar-refractivity contribution < 1.29 is 27.5 Å². The number of nitrogens with one attached hydrogen (secondary N) is 2. The predicted octanol–water partition coefficient (Wildman–Crippen LogP) is 1.98. The minimum Gasteiger partial charge on any atom is -0.495 e. The molecule has 0 saturated carbocycles. The molecule has 9 nitrogen and oxygen atoms in total. The van der Waals surface area contributed by atoms with Crippen LogP contribution in [0.1, 0.15) is 12.5 Å². The molecule has 0 unspecified atom stereocenters. The van der Waals surface area contributed by atoms with E-state index in [2.05, 4.69) is 10.6 Å². The Bertz CT molecular complexity index is 1100. The van der Waals surface area contributed by atoms with Gasteiger partial charge in [0.15, 0.2) is 6.10 Å². The van der Waals surface area contributed by atoms with Crippen molar-refractivity contribution in [1.29, 1.82) is 0 Å². The van der Waals surface area contributed by atoms with Crippen LogP contribution in [0.3, 0.4) is 0 Å². The van der Waals surface area contributed by atoms with Crippen LogP contribution in [-0.4, -0.2) is 51.3 Å². The summed E-state index contributed by atoms with van der Waals surface area (Å²) in [6.07, 6.45) is -0.736. The third kappa shape index (κ3) is 4.24. The van der Waals surface area contributed by atoms with Crippen molar-refractivity contribution in [1.82, 2.24) is 4.31 Å². The second kappa shape index (κ2) is 8.33. The maximum Gasteiger partial charge on any atom is 0.265 e. The topological polar surface area (TPSA) is 114 Å². The smallest absolute Gasteiger partial charge is 0.265 e. The molecule has 160 valence electrons. The molecule has 0 spiro atoms. The normalized spacial score (nSPS) is 15.8. The fourth-order valence-electron chi connectivity index (χ4n) is 3.01. The van der Waals surface area contributed by atoms with E-state index in [-0.39, 0.29) is 16.6 Å². The number of carbonyl (C=O) groups excluding carboxylic acids is 2. The minimum atomic E-state index is -3.99. The molecule has 30 heavy (non-hydrogen) atoms. The Morgan fingerprint density at radius 3 is 2.70 bits per heavy atom. The van der Waals surface area contributed by atoms with Crippen LogP contribution in [0.2, 0.25) is 0 Å². The van der Waals surface area contributed by atoms with Gasteiger partial charge in [-0.05, 0) is 37.6 Å². The fourth-order valence-corrected chi connectivity index (χ4v) is 4.36. The molecule has 1 aliphatic rings. The van der Waals surface area contributed by atoms with Crippen LogP contribution < -0.4 is 20.1 Å². The number of amides is 2. The first-order valence-electron chi connectivity index (χ1n) is 9.15. The Morgan fingerprint density at radius 2 is 2.00 bits per heavy atom. The van der Waals surface area contributed by atoms with Gasteiger partial charge >= 0.3 is 0 Å². The van der Waals surface area contributed by atoms with Crippen molar-refractivity contribution in [2.24, 2.45) is 0 Å². The quantitative estimate of drug-likeness (QED) is 0.720. The third-order valence-electron chi connectivity index (χ3n) is 4.64. The maximum absolute atomic E-state index is 13.1. The second-order valence-electron chi connectivity index (χ2n) is 6.87. The average Bonchev–Trinajstić information content (AvgIpc) is 2.69. The maximum atomic E-state index is 13.1. The first kappa shape index (κ1) is 21.6. The standard InChI is InChI=1S/C20H23N3O6S/c1-12-9-15-17(29-13(2)20(25)22-15)10-18(12)30(26,27)23(3)11-19(24)21-14-7-5-6-8-16(14)28-4/h5-10,13H,11H2,1-4H3,(H,21,24)(H,22,25)/t13-/m1/s1. The number of anilines is 2. The van der Waals surface area contributed by atoms with E-state index < -0.39 is 28.6 Å². The van der Waals surface area contributed by atoms with Gasteiger partial charge in [0.2, 0.25) is 15.9 Å². The molecule has 2 amide bonds. The van der Waals surface area contributed by atoms with Gasteiger partial charge in [-0.25, -0.2) is 8.42 Å². The van der Waals surface area contributed by atoms with Gasteiger partial charge in [-0.2, -0.15) is 4.31 Å². The molecule has 1 heterocycles. The van der Waals surface area contributed by atoms with Crippen LogP contribution in [0.5, 0.6) is 11.5 Å². The summed E-state index contributed by atoms with van der Waals surface area (Å²) >= 11 is 0. The first-order valence-corrected chi connectivity index (χ1v) is 10.6. The van der Waals surface area contributed by atoms with E-state index in [1.54, 1.807) is 38.1 Å². The van der Waals surface area contributed by atoms with E-state index >= 15 is 0 Å². The van der Waals surface area contributed by atoms with Crippen LogP contribution in [-0.2, 0) is 19.6 Å². The second-order valence-corrected chi connectivity index (χ2v) is 8.89. The summed E-state index contributed by atoms with van der Waals surface area (Å²) < 4.78 is 37.8. The Hall–Kier alpha value is -3.11. The van der Waals surface area contributed by atoms with Crippen LogP contribution in [0.15, 0.2) is 41.3 Å². The SMILES string of the molecule is COc1ccccc1NC(=O)CN(C)S(=O)(=O)c1cc2c(cc1C)NC(=O)[C@@H](C)O2. The molecule has 0 fully saturated rings. The fraction of sp³-hybridized carbons (Fsp3) is 0.300. The van der Waals surface area contributed by atoms with Crippen molar-refractivity contribution >= 4 is 33.2 Å². The molecule has 0 aromatic heterocycles. The molecule has 0 radical (unpaired) electrons. The van der Waals surface area contributed by atoms with Crippen LogP contribution >= 0.6 is 0 Å². The average molecular weight is 433 g/mol. The van der Waals surface area contributed by atoms with E-state index in [1.165, 1.54) is 26.3 Å². The molecular formula is C20H23N3O6S. The minimum absolute atomic E-state index is 0.00260. The molecule has 2 aromatic carbocycles. The first-order chi connectivity index (χ1) is 14.1. The number of carbonyl (C=O) groups is 2. The summed E-state index contributed by atoms with van der Waals surface area (Å²) in [6.45, 7) is 2.78. The van der Waals surface area contributed by atoms with Gasteiger partial charge in [0.25, 0.3) is 5.91 Å². The molecule has 3 rings (SSSR count). The summed E-state index contributed by atoms with van der Waals surface area (Å²) in [5.74, 6) is -0.0886. The number of hydrogen-bond acceptors (Lipinski definition) is 6. The Labute approximate surface area is 175 Å². The molecule has 10 heteroatoms. The van der Waals surface area contributed by atoms with Gasteiger partial charge in [0.05, 0.1) is 29.9 Å². The Balaban J connectivity index is 1.80. The van der Waals surface area contributed by atoms with Crippen molar-refractivity contribution in [3.05, 3.63) is 42.0 Å². The highest BCUT2D eigenvalue weighted by molar-refractivity contribution is 7.89. The van der Waals surface area contributed by atoms with Crippen molar-refractivity contribution in [2.75, 3.05) is 31.3 Å². The highest BCUT2D eigenvalue weighted by Gasteiger charge is 2.30. The number of ether oxygens (including phenoxy) is 2.